The largest absolute Gasteiger partial charge is 0.493 e. The molecule has 2 N–H and O–H groups in total. The van der Waals surface area contributed by atoms with Gasteiger partial charge in [0.05, 0.1) is 17.8 Å². The first-order valence-electron chi connectivity index (χ1n) is 10.6. The molecule has 1 aliphatic carbocycles. The quantitative estimate of drug-likeness (QED) is 0.672. The number of anilines is 1. The van der Waals surface area contributed by atoms with E-state index in [1.807, 2.05) is 24.3 Å². The summed E-state index contributed by atoms with van der Waals surface area (Å²) in [4.78, 5) is 25.1. The number of hydrogen-bond acceptors (Lipinski definition) is 5. The Morgan fingerprint density at radius 3 is 2.26 bits per heavy atom. The van der Waals surface area contributed by atoms with Crippen molar-refractivity contribution in [1.82, 2.24) is 0 Å². The van der Waals surface area contributed by atoms with Gasteiger partial charge in [-0.2, -0.15) is 0 Å². The minimum Gasteiger partial charge on any atom is -0.493 e. The highest BCUT2D eigenvalue weighted by atomic mass is 16.5. The van der Waals surface area contributed by atoms with Crippen LogP contribution in [-0.2, 0) is 4.79 Å². The maximum Gasteiger partial charge on any atom is 0.335 e. The van der Waals surface area contributed by atoms with Gasteiger partial charge < -0.3 is 24.6 Å². The number of amides is 1. The second kappa shape index (κ2) is 8.98. The molecule has 31 heavy (non-hydrogen) atoms. The number of benzene rings is 2. The minimum absolute atomic E-state index is 0.0451. The summed E-state index contributed by atoms with van der Waals surface area (Å²) in [6.45, 7) is 1.24. The van der Waals surface area contributed by atoms with Gasteiger partial charge in [0.2, 0.25) is 5.91 Å². The van der Waals surface area contributed by atoms with Crippen molar-refractivity contribution in [3.63, 3.8) is 0 Å². The van der Waals surface area contributed by atoms with Crippen molar-refractivity contribution < 1.29 is 29.3 Å². The highest BCUT2D eigenvalue weighted by Gasteiger charge is 2.33. The molecule has 164 valence electrons. The fourth-order valence-electron chi connectivity index (χ4n) is 4.17. The number of carbonyl (C=O) groups excluding carboxylic acids is 1. The van der Waals surface area contributed by atoms with Crippen LogP contribution in [-0.4, -0.2) is 47.4 Å². The third-order valence-electron chi connectivity index (χ3n) is 5.98. The summed E-state index contributed by atoms with van der Waals surface area (Å²) in [6.07, 6.45) is 4.03. The highest BCUT2D eigenvalue weighted by molar-refractivity contribution is 5.95. The Morgan fingerprint density at radius 1 is 1.00 bits per heavy atom. The van der Waals surface area contributed by atoms with Gasteiger partial charge in [-0.15, -0.1) is 0 Å². The van der Waals surface area contributed by atoms with Crippen LogP contribution in [0.15, 0.2) is 48.5 Å². The number of carboxylic acid groups (broad SMARTS) is 1. The van der Waals surface area contributed by atoms with Crippen LogP contribution in [0.3, 0.4) is 0 Å². The molecular weight excluding hydrogens is 398 g/mol. The lowest BCUT2D eigenvalue weighted by atomic mass is 10.0. The number of carboxylic acids is 1. The zero-order valence-electron chi connectivity index (χ0n) is 17.3. The predicted molar refractivity (Wildman–Crippen MR) is 115 cm³/mol. The van der Waals surface area contributed by atoms with Crippen LogP contribution in [0.25, 0.3) is 0 Å². The average molecular weight is 425 g/mol. The zero-order valence-corrected chi connectivity index (χ0v) is 17.3. The highest BCUT2D eigenvalue weighted by Crippen LogP contribution is 2.31. The second-order valence-electron chi connectivity index (χ2n) is 8.43. The summed E-state index contributed by atoms with van der Waals surface area (Å²) in [5.74, 6) is 0.388. The maximum atomic E-state index is 12.5. The maximum absolute atomic E-state index is 12.5. The summed E-state index contributed by atoms with van der Waals surface area (Å²) in [6, 6.07) is 13.6. The molecule has 7 heteroatoms. The lowest BCUT2D eigenvalue weighted by Crippen LogP contribution is -2.32. The average Bonchev–Trinajstić information content (AvgIpc) is 3.37. The molecule has 1 saturated heterocycles. The van der Waals surface area contributed by atoms with Crippen molar-refractivity contribution in [1.29, 1.82) is 0 Å². The number of carbonyl (C=O) groups is 2. The molecule has 0 aromatic heterocycles. The van der Waals surface area contributed by atoms with E-state index in [0.717, 1.165) is 31.4 Å². The molecule has 1 atom stereocenters. The lowest BCUT2D eigenvalue weighted by Gasteiger charge is -2.22. The third-order valence-corrected chi connectivity index (χ3v) is 5.98. The van der Waals surface area contributed by atoms with E-state index in [9.17, 15) is 14.7 Å². The number of aromatic carboxylic acids is 1. The number of ether oxygens (including phenoxy) is 2. The molecule has 0 radical (unpaired) electrons. The van der Waals surface area contributed by atoms with Crippen molar-refractivity contribution in [2.45, 2.75) is 37.7 Å². The topological polar surface area (TPSA) is 96.3 Å². The number of nitrogens with zero attached hydrogens (tertiary/aromatic N) is 1. The summed E-state index contributed by atoms with van der Waals surface area (Å²) < 4.78 is 11.5. The molecule has 2 aromatic carbocycles. The summed E-state index contributed by atoms with van der Waals surface area (Å²) in [7, 11) is 0. The lowest BCUT2D eigenvalue weighted by molar-refractivity contribution is -0.117. The predicted octanol–water partition coefficient (Wildman–Crippen LogP) is 3.50. The van der Waals surface area contributed by atoms with Gasteiger partial charge in [-0.05, 0) is 61.4 Å². The van der Waals surface area contributed by atoms with Crippen LogP contribution in [0.2, 0.25) is 0 Å². The van der Waals surface area contributed by atoms with Crippen molar-refractivity contribution in [3.8, 4) is 11.5 Å². The van der Waals surface area contributed by atoms with Gasteiger partial charge in [0.15, 0.2) is 0 Å². The number of rotatable bonds is 8. The van der Waals surface area contributed by atoms with Gasteiger partial charge in [0, 0.05) is 24.6 Å². The summed E-state index contributed by atoms with van der Waals surface area (Å²) in [5.41, 5.74) is 0.301. The molecule has 1 unspecified atom stereocenters. The smallest absolute Gasteiger partial charge is 0.335 e. The Bertz CT molecular complexity index is 918. The molecule has 1 amide bonds. The first-order valence-corrected chi connectivity index (χ1v) is 10.6. The molecule has 7 nitrogen and oxygen atoms in total. The molecular formula is C24H27NO6. The first-order chi connectivity index (χ1) is 14.9. The molecule has 2 aromatic rings. The standard InChI is InChI=1S/C24H27NO6/c26-22-13-17(15-30-20-7-3-18(4-8-20)23(27)28)14-25(22)19-5-9-21(10-6-19)31-16-24(29)11-1-2-12-24/h3-10,17,29H,1-2,11-16H2,(H,27,28). The van der Waals surface area contributed by atoms with E-state index in [2.05, 4.69) is 0 Å². The fraction of sp³-hybridized carbons (Fsp3) is 0.417. The SMILES string of the molecule is O=C(O)c1ccc(OCC2CC(=O)N(c3ccc(OCC4(O)CCCC4)cc3)C2)cc1. The van der Waals surface area contributed by atoms with Crippen LogP contribution in [0.5, 0.6) is 11.5 Å². The summed E-state index contributed by atoms with van der Waals surface area (Å²) in [5, 5.41) is 19.3. The molecule has 1 heterocycles. The van der Waals surface area contributed by atoms with Crippen molar-refractivity contribution in [2.75, 3.05) is 24.7 Å². The van der Waals surface area contributed by atoms with Crippen molar-refractivity contribution >= 4 is 17.6 Å². The van der Waals surface area contributed by atoms with E-state index < -0.39 is 11.6 Å². The van der Waals surface area contributed by atoms with Crippen LogP contribution < -0.4 is 14.4 Å². The second-order valence-corrected chi connectivity index (χ2v) is 8.43. The van der Waals surface area contributed by atoms with Gasteiger partial charge in [-0.1, -0.05) is 12.8 Å². The monoisotopic (exact) mass is 425 g/mol. The molecule has 4 rings (SSSR count). The van der Waals surface area contributed by atoms with Crippen molar-refractivity contribution in [2.24, 2.45) is 5.92 Å². The normalized spacial score (nSPS) is 20.1. The molecule has 0 spiro atoms. The first kappa shape index (κ1) is 21.2. The van der Waals surface area contributed by atoms with E-state index in [0.29, 0.717) is 37.7 Å². The molecule has 2 fully saturated rings. The Kier molecular flexibility index (Phi) is 6.13. The Labute approximate surface area is 181 Å². The Balaban J connectivity index is 1.29. The molecule has 0 bridgehead atoms. The Hall–Kier alpha value is -3.06. The van der Waals surface area contributed by atoms with Crippen LogP contribution in [0, 0.1) is 5.92 Å². The third kappa shape index (κ3) is 5.17. The van der Waals surface area contributed by atoms with Gasteiger partial charge in [-0.3, -0.25) is 4.79 Å². The van der Waals surface area contributed by atoms with E-state index in [-0.39, 0.29) is 17.4 Å². The minimum atomic E-state index is -0.977. The van der Waals surface area contributed by atoms with Crippen molar-refractivity contribution in [3.05, 3.63) is 54.1 Å². The van der Waals surface area contributed by atoms with Gasteiger partial charge in [-0.25, -0.2) is 4.79 Å². The number of hydrogen-bond donors (Lipinski definition) is 2. The summed E-state index contributed by atoms with van der Waals surface area (Å²) >= 11 is 0. The van der Waals surface area contributed by atoms with E-state index in [1.54, 1.807) is 17.0 Å². The van der Waals surface area contributed by atoms with Gasteiger partial charge >= 0.3 is 5.97 Å². The van der Waals surface area contributed by atoms with Crippen LogP contribution in [0.4, 0.5) is 5.69 Å². The van der Waals surface area contributed by atoms with Crippen LogP contribution >= 0.6 is 0 Å². The zero-order chi connectivity index (χ0) is 21.8. The Morgan fingerprint density at radius 2 is 1.61 bits per heavy atom. The van der Waals surface area contributed by atoms with Crippen LogP contribution in [0.1, 0.15) is 42.5 Å². The van der Waals surface area contributed by atoms with Gasteiger partial charge in [0.25, 0.3) is 0 Å². The molecule has 1 aliphatic heterocycles. The molecule has 1 saturated carbocycles. The van der Waals surface area contributed by atoms with E-state index in [1.165, 1.54) is 12.1 Å². The number of aliphatic hydroxyl groups is 1. The molecule has 2 aliphatic rings. The van der Waals surface area contributed by atoms with E-state index >= 15 is 0 Å². The van der Waals surface area contributed by atoms with Gasteiger partial charge in [0.1, 0.15) is 18.1 Å². The van der Waals surface area contributed by atoms with E-state index in [4.69, 9.17) is 14.6 Å². The fourth-order valence-corrected chi connectivity index (χ4v) is 4.17.